The van der Waals surface area contributed by atoms with Gasteiger partial charge in [0.25, 0.3) is 11.7 Å². The minimum Gasteiger partial charge on any atom is -0.372 e. The number of carbonyl (C=O) groups excluding carboxylic acids is 2. The van der Waals surface area contributed by atoms with Gasteiger partial charge in [0.2, 0.25) is 0 Å². The van der Waals surface area contributed by atoms with Crippen molar-refractivity contribution in [3.05, 3.63) is 107 Å². The number of nitrogens with one attached hydrogen (secondary N) is 2. The number of aromatic amines is 1. The Bertz CT molecular complexity index is 1210. The van der Waals surface area contributed by atoms with Gasteiger partial charge in [0.1, 0.15) is 0 Å². The summed E-state index contributed by atoms with van der Waals surface area (Å²) >= 11 is 0. The van der Waals surface area contributed by atoms with Crippen LogP contribution < -0.4 is 5.32 Å². The van der Waals surface area contributed by atoms with E-state index >= 15 is 0 Å². The summed E-state index contributed by atoms with van der Waals surface area (Å²) in [6, 6.07) is 25.3. The number of carbonyl (C=O) groups is 2. The SMILES string of the molecule is Cc1[nH]c2ccccc2c1C(=O)C(=O)NCc1cccc(COCc2ccccc2)c1. The molecule has 31 heavy (non-hydrogen) atoms. The molecule has 0 unspecified atom stereocenters. The summed E-state index contributed by atoms with van der Waals surface area (Å²) in [6.07, 6.45) is 0. The highest BCUT2D eigenvalue weighted by Gasteiger charge is 2.22. The highest BCUT2D eigenvalue weighted by Crippen LogP contribution is 2.22. The van der Waals surface area contributed by atoms with Gasteiger partial charge in [0.05, 0.1) is 18.8 Å². The second-order valence-corrected chi connectivity index (χ2v) is 7.48. The molecule has 0 atom stereocenters. The number of aryl methyl sites for hydroxylation is 1. The summed E-state index contributed by atoms with van der Waals surface area (Å²) in [5.74, 6) is -1.14. The number of ether oxygens (including phenoxy) is 1. The fourth-order valence-corrected chi connectivity index (χ4v) is 3.64. The Labute approximate surface area is 181 Å². The molecule has 0 spiro atoms. The van der Waals surface area contributed by atoms with Crippen LogP contribution in [0.15, 0.2) is 78.9 Å². The zero-order valence-electron chi connectivity index (χ0n) is 17.4. The van der Waals surface area contributed by atoms with Crippen molar-refractivity contribution in [3.8, 4) is 0 Å². The van der Waals surface area contributed by atoms with Crippen molar-refractivity contribution in [2.75, 3.05) is 0 Å². The molecule has 5 heteroatoms. The minimum atomic E-state index is -0.612. The molecule has 0 saturated heterocycles. The Morgan fingerprint density at radius 2 is 1.52 bits per heavy atom. The Kier molecular flexibility index (Phi) is 6.24. The summed E-state index contributed by atoms with van der Waals surface area (Å²) in [4.78, 5) is 28.4. The lowest BCUT2D eigenvalue weighted by Gasteiger charge is -2.08. The third kappa shape index (κ3) is 4.90. The lowest BCUT2D eigenvalue weighted by atomic mass is 10.1. The Hall–Kier alpha value is -3.70. The topological polar surface area (TPSA) is 71.2 Å². The average Bonchev–Trinajstić information content (AvgIpc) is 3.13. The molecule has 2 N–H and O–H groups in total. The predicted molar refractivity (Wildman–Crippen MR) is 121 cm³/mol. The molecule has 4 aromatic rings. The smallest absolute Gasteiger partial charge is 0.292 e. The van der Waals surface area contributed by atoms with Gasteiger partial charge in [-0.3, -0.25) is 9.59 Å². The molecule has 0 aliphatic heterocycles. The Morgan fingerprint density at radius 1 is 0.839 bits per heavy atom. The van der Waals surface area contributed by atoms with Crippen LogP contribution in [0.2, 0.25) is 0 Å². The number of benzene rings is 3. The van der Waals surface area contributed by atoms with Crippen molar-refractivity contribution in [1.29, 1.82) is 0 Å². The van der Waals surface area contributed by atoms with Crippen molar-refractivity contribution in [2.45, 2.75) is 26.7 Å². The molecule has 0 saturated carbocycles. The average molecular weight is 412 g/mol. The van der Waals surface area contributed by atoms with E-state index < -0.39 is 11.7 Å². The third-order valence-corrected chi connectivity index (χ3v) is 5.15. The first kappa shape index (κ1) is 20.6. The third-order valence-electron chi connectivity index (χ3n) is 5.15. The molecular formula is C26H24N2O3. The molecule has 0 fully saturated rings. The number of ketones is 1. The van der Waals surface area contributed by atoms with Crippen LogP contribution in [-0.4, -0.2) is 16.7 Å². The maximum Gasteiger partial charge on any atom is 0.292 e. The van der Waals surface area contributed by atoms with E-state index in [1.807, 2.05) is 78.9 Å². The second-order valence-electron chi connectivity index (χ2n) is 7.48. The van der Waals surface area contributed by atoms with E-state index in [4.69, 9.17) is 4.74 Å². The Morgan fingerprint density at radius 3 is 2.35 bits per heavy atom. The van der Waals surface area contributed by atoms with Crippen LogP contribution in [0.25, 0.3) is 10.9 Å². The van der Waals surface area contributed by atoms with Crippen LogP contribution in [0.3, 0.4) is 0 Å². The highest BCUT2D eigenvalue weighted by molar-refractivity contribution is 6.45. The normalized spacial score (nSPS) is 10.9. The first-order chi connectivity index (χ1) is 15.1. The molecular weight excluding hydrogens is 388 g/mol. The van der Waals surface area contributed by atoms with Crippen LogP contribution in [0.1, 0.15) is 32.7 Å². The van der Waals surface area contributed by atoms with E-state index in [2.05, 4.69) is 10.3 Å². The number of para-hydroxylation sites is 1. The van der Waals surface area contributed by atoms with Crippen molar-refractivity contribution >= 4 is 22.6 Å². The molecule has 1 amide bonds. The summed E-state index contributed by atoms with van der Waals surface area (Å²) in [7, 11) is 0. The standard InChI is InChI=1S/C26H24N2O3/c1-18-24(22-12-5-6-13-23(22)28-18)25(29)26(30)27-15-20-10-7-11-21(14-20)17-31-16-19-8-3-2-4-9-19/h2-14,28H,15-17H2,1H3,(H,27,30). The molecule has 0 aliphatic rings. The summed E-state index contributed by atoms with van der Waals surface area (Å²) < 4.78 is 5.78. The van der Waals surface area contributed by atoms with Crippen LogP contribution >= 0.6 is 0 Å². The van der Waals surface area contributed by atoms with Crippen molar-refractivity contribution in [3.63, 3.8) is 0 Å². The molecule has 0 aliphatic carbocycles. The number of H-pyrrole nitrogens is 1. The largest absolute Gasteiger partial charge is 0.372 e. The van der Waals surface area contributed by atoms with Crippen LogP contribution in [0.4, 0.5) is 0 Å². The summed E-state index contributed by atoms with van der Waals surface area (Å²) in [5, 5.41) is 3.51. The monoisotopic (exact) mass is 412 g/mol. The Balaban J connectivity index is 1.35. The fraction of sp³-hybridized carbons (Fsp3) is 0.154. The van der Waals surface area contributed by atoms with Crippen molar-refractivity contribution in [2.24, 2.45) is 0 Å². The summed E-state index contributed by atoms with van der Waals surface area (Å²) in [6.45, 7) is 3.10. The number of Topliss-reactive ketones (excluding diaryl/α,β-unsaturated/α-hetero) is 1. The van der Waals surface area contributed by atoms with Gasteiger partial charge in [-0.15, -0.1) is 0 Å². The van der Waals surface area contributed by atoms with Crippen LogP contribution in [-0.2, 0) is 29.3 Å². The zero-order chi connectivity index (χ0) is 21.6. The van der Waals surface area contributed by atoms with Gasteiger partial charge in [0.15, 0.2) is 0 Å². The van der Waals surface area contributed by atoms with Gasteiger partial charge >= 0.3 is 0 Å². The lowest BCUT2D eigenvalue weighted by molar-refractivity contribution is -0.117. The number of hydrogen-bond acceptors (Lipinski definition) is 3. The van der Waals surface area contributed by atoms with Gasteiger partial charge in [-0.05, 0) is 29.7 Å². The summed E-state index contributed by atoms with van der Waals surface area (Å²) in [5.41, 5.74) is 5.02. The molecule has 0 bridgehead atoms. The number of amides is 1. The predicted octanol–water partition coefficient (Wildman–Crippen LogP) is 4.69. The second kappa shape index (κ2) is 9.41. The quantitative estimate of drug-likeness (QED) is 0.326. The lowest BCUT2D eigenvalue weighted by Crippen LogP contribution is -2.30. The maximum absolute atomic E-state index is 12.8. The first-order valence-corrected chi connectivity index (χ1v) is 10.2. The molecule has 0 radical (unpaired) electrons. The van der Waals surface area contributed by atoms with Gasteiger partial charge in [-0.1, -0.05) is 72.8 Å². The van der Waals surface area contributed by atoms with E-state index in [1.54, 1.807) is 6.92 Å². The fourth-order valence-electron chi connectivity index (χ4n) is 3.64. The number of fused-ring (bicyclic) bond motifs is 1. The maximum atomic E-state index is 12.8. The minimum absolute atomic E-state index is 0.276. The van der Waals surface area contributed by atoms with E-state index in [1.165, 1.54) is 0 Å². The molecule has 4 rings (SSSR count). The van der Waals surface area contributed by atoms with Crippen LogP contribution in [0.5, 0.6) is 0 Å². The van der Waals surface area contributed by atoms with Crippen LogP contribution in [0, 0.1) is 6.92 Å². The van der Waals surface area contributed by atoms with E-state index in [9.17, 15) is 9.59 Å². The van der Waals surface area contributed by atoms with E-state index in [0.717, 1.165) is 27.6 Å². The molecule has 5 nitrogen and oxygen atoms in total. The molecule has 3 aromatic carbocycles. The van der Waals surface area contributed by atoms with Crippen molar-refractivity contribution in [1.82, 2.24) is 10.3 Å². The van der Waals surface area contributed by atoms with Crippen molar-refractivity contribution < 1.29 is 14.3 Å². The molecule has 1 heterocycles. The van der Waals surface area contributed by atoms with Gasteiger partial charge in [-0.2, -0.15) is 0 Å². The first-order valence-electron chi connectivity index (χ1n) is 10.2. The number of hydrogen-bond donors (Lipinski definition) is 2. The zero-order valence-corrected chi connectivity index (χ0v) is 17.4. The molecule has 156 valence electrons. The van der Waals surface area contributed by atoms with Gasteiger partial charge in [-0.25, -0.2) is 0 Å². The number of rotatable bonds is 8. The van der Waals surface area contributed by atoms with Gasteiger partial charge < -0.3 is 15.0 Å². The highest BCUT2D eigenvalue weighted by atomic mass is 16.5. The van der Waals surface area contributed by atoms with E-state index in [-0.39, 0.29) is 6.54 Å². The number of aromatic nitrogens is 1. The molecule has 1 aromatic heterocycles. The van der Waals surface area contributed by atoms with E-state index in [0.29, 0.717) is 24.5 Å². The van der Waals surface area contributed by atoms with Gasteiger partial charge in [0, 0.05) is 23.1 Å².